The van der Waals surface area contributed by atoms with Crippen molar-refractivity contribution in [1.82, 2.24) is 4.90 Å². The second-order valence-electron chi connectivity index (χ2n) is 2.04. The molecular formula is C5H11Cl2NO. The van der Waals surface area contributed by atoms with Gasteiger partial charge in [0.05, 0.1) is 0 Å². The second kappa shape index (κ2) is 4.09. The Bertz CT molecular complexity index is 93.0. The van der Waals surface area contributed by atoms with Gasteiger partial charge in [0.15, 0.2) is 6.29 Å². The van der Waals surface area contributed by atoms with Crippen molar-refractivity contribution in [1.29, 1.82) is 0 Å². The van der Waals surface area contributed by atoms with Crippen LogP contribution in [0.15, 0.2) is 0 Å². The van der Waals surface area contributed by atoms with Crippen LogP contribution in [0.25, 0.3) is 0 Å². The normalized spacial score (nSPS) is 16.1. The van der Waals surface area contributed by atoms with Crippen LogP contribution in [0.2, 0.25) is 0 Å². The van der Waals surface area contributed by atoms with Crippen LogP contribution in [0.4, 0.5) is 0 Å². The molecule has 0 fully saturated rings. The molecule has 0 aromatic heterocycles. The van der Waals surface area contributed by atoms with Gasteiger partial charge in [-0.05, 0) is 21.0 Å². The molecule has 4 heteroatoms. The number of halogens is 2. The Balaban J connectivity index is 0. The molecule has 0 spiro atoms. The third kappa shape index (κ3) is 3.73. The summed E-state index contributed by atoms with van der Waals surface area (Å²) in [6, 6.07) is 0. The monoisotopic (exact) mass is 171 g/mol. The summed E-state index contributed by atoms with van der Waals surface area (Å²) in [5.41, 5.74) is 0. The molecule has 0 aliphatic heterocycles. The first-order chi connectivity index (χ1) is 3.50. The summed E-state index contributed by atoms with van der Waals surface area (Å²) in [5.74, 6) is 0. The smallest absolute Gasteiger partial charge is 0.155 e. The van der Waals surface area contributed by atoms with Crippen molar-refractivity contribution in [2.45, 2.75) is 11.9 Å². The van der Waals surface area contributed by atoms with Crippen molar-refractivity contribution in [3.63, 3.8) is 0 Å². The Kier molecular flexibility index (Phi) is 5.43. The van der Waals surface area contributed by atoms with Gasteiger partial charge in [-0.3, -0.25) is 9.69 Å². The van der Waals surface area contributed by atoms with E-state index in [4.69, 9.17) is 11.6 Å². The van der Waals surface area contributed by atoms with Crippen LogP contribution in [0.5, 0.6) is 0 Å². The fourth-order valence-electron chi connectivity index (χ4n) is 0.105. The van der Waals surface area contributed by atoms with E-state index < -0.39 is 5.00 Å². The molecule has 0 aromatic rings. The fraction of sp³-hybridized carbons (Fsp3) is 0.800. The third-order valence-electron chi connectivity index (χ3n) is 1.09. The largest absolute Gasteiger partial charge is 0.300 e. The van der Waals surface area contributed by atoms with Crippen molar-refractivity contribution in [3.05, 3.63) is 0 Å². The molecule has 0 aromatic carbocycles. The lowest BCUT2D eigenvalue weighted by Crippen LogP contribution is -2.36. The maximum absolute atomic E-state index is 10.1. The summed E-state index contributed by atoms with van der Waals surface area (Å²) in [7, 11) is 3.50. The Labute approximate surface area is 66.6 Å². The molecule has 0 bridgehead atoms. The van der Waals surface area contributed by atoms with E-state index in [2.05, 4.69) is 0 Å². The zero-order chi connectivity index (χ0) is 6.78. The van der Waals surface area contributed by atoms with Gasteiger partial charge in [0, 0.05) is 0 Å². The van der Waals surface area contributed by atoms with E-state index in [-0.39, 0.29) is 12.4 Å². The first kappa shape index (κ1) is 11.9. The topological polar surface area (TPSA) is 20.3 Å². The number of hydrogen-bond acceptors (Lipinski definition) is 2. The Morgan fingerprint density at radius 2 is 1.89 bits per heavy atom. The van der Waals surface area contributed by atoms with Gasteiger partial charge in [0.25, 0.3) is 0 Å². The van der Waals surface area contributed by atoms with Crippen molar-refractivity contribution in [2.24, 2.45) is 0 Å². The van der Waals surface area contributed by atoms with Crippen LogP contribution < -0.4 is 0 Å². The SMILES string of the molecule is CN(C)[C@](C)(Cl)C=O.Cl. The molecule has 0 saturated carbocycles. The molecule has 56 valence electrons. The van der Waals surface area contributed by atoms with Crippen LogP contribution in [0.1, 0.15) is 6.92 Å². The van der Waals surface area contributed by atoms with Gasteiger partial charge >= 0.3 is 0 Å². The number of likely N-dealkylation sites (N-methyl/N-ethyl adjacent to an activating group) is 1. The molecule has 1 atom stereocenters. The highest BCUT2D eigenvalue weighted by Crippen LogP contribution is 2.11. The van der Waals surface area contributed by atoms with E-state index in [9.17, 15) is 4.79 Å². The van der Waals surface area contributed by atoms with Crippen LogP contribution in [0, 0.1) is 0 Å². The molecule has 9 heavy (non-hydrogen) atoms. The molecule has 0 rings (SSSR count). The highest BCUT2D eigenvalue weighted by Gasteiger charge is 2.21. The van der Waals surface area contributed by atoms with E-state index in [1.165, 1.54) is 0 Å². The van der Waals surface area contributed by atoms with Crippen LogP contribution >= 0.6 is 24.0 Å². The van der Waals surface area contributed by atoms with Gasteiger partial charge in [-0.15, -0.1) is 12.4 Å². The predicted octanol–water partition coefficient (Wildman–Crippen LogP) is 1.12. The summed E-state index contributed by atoms with van der Waals surface area (Å²) in [5, 5.41) is 0. The first-order valence-corrected chi connectivity index (χ1v) is 2.71. The molecular weight excluding hydrogens is 161 g/mol. The highest BCUT2D eigenvalue weighted by molar-refractivity contribution is 6.30. The van der Waals surface area contributed by atoms with E-state index in [1.807, 2.05) is 0 Å². The lowest BCUT2D eigenvalue weighted by Gasteiger charge is -2.22. The summed E-state index contributed by atoms with van der Waals surface area (Å²) >= 11 is 5.61. The summed E-state index contributed by atoms with van der Waals surface area (Å²) in [6.07, 6.45) is 0.703. The van der Waals surface area contributed by atoms with Gasteiger partial charge in [0.1, 0.15) is 5.00 Å². The molecule has 0 saturated heterocycles. The summed E-state index contributed by atoms with van der Waals surface area (Å²) in [4.78, 5) is 10.9. The molecule has 0 N–H and O–H groups in total. The number of carbonyl (C=O) groups excluding carboxylic acids is 1. The number of carbonyl (C=O) groups is 1. The number of alkyl halides is 1. The second-order valence-corrected chi connectivity index (χ2v) is 2.80. The Hall–Kier alpha value is 0.210. The molecule has 0 heterocycles. The zero-order valence-corrected chi connectivity index (χ0v) is 7.29. The summed E-state index contributed by atoms with van der Waals surface area (Å²) < 4.78 is 0. The zero-order valence-electron chi connectivity index (χ0n) is 5.72. The predicted molar refractivity (Wildman–Crippen MR) is 41.3 cm³/mol. The average molecular weight is 172 g/mol. The number of aldehydes is 1. The maximum atomic E-state index is 10.1. The van der Waals surface area contributed by atoms with E-state index in [0.717, 1.165) is 0 Å². The average Bonchev–Trinajstić information content (AvgIpc) is 1.67. The molecule has 0 amide bonds. The first-order valence-electron chi connectivity index (χ1n) is 2.33. The quantitative estimate of drug-likeness (QED) is 0.353. The molecule has 0 unspecified atom stereocenters. The Morgan fingerprint density at radius 3 is 1.89 bits per heavy atom. The van der Waals surface area contributed by atoms with Crippen LogP contribution in [-0.4, -0.2) is 30.3 Å². The molecule has 0 radical (unpaired) electrons. The van der Waals surface area contributed by atoms with E-state index >= 15 is 0 Å². The Morgan fingerprint density at radius 1 is 1.56 bits per heavy atom. The number of rotatable bonds is 2. The maximum Gasteiger partial charge on any atom is 0.155 e. The fourth-order valence-corrected chi connectivity index (χ4v) is 0.105. The minimum Gasteiger partial charge on any atom is -0.300 e. The molecule has 0 aliphatic carbocycles. The number of hydrogen-bond donors (Lipinski definition) is 0. The minimum absolute atomic E-state index is 0. The van der Waals surface area contributed by atoms with Gasteiger partial charge < -0.3 is 0 Å². The van der Waals surface area contributed by atoms with Gasteiger partial charge in [0.2, 0.25) is 0 Å². The standard InChI is InChI=1S/C5H10ClNO.ClH/c1-5(6,4-8)7(2)3;/h4H,1-3H3;1H/t5-;/m0./s1. The number of nitrogens with zero attached hydrogens (tertiary/aromatic N) is 1. The van der Waals surface area contributed by atoms with Crippen molar-refractivity contribution < 1.29 is 4.79 Å². The van der Waals surface area contributed by atoms with Crippen LogP contribution in [-0.2, 0) is 4.79 Å². The van der Waals surface area contributed by atoms with E-state index in [1.54, 1.807) is 25.9 Å². The third-order valence-corrected chi connectivity index (χ3v) is 1.52. The lowest BCUT2D eigenvalue weighted by atomic mass is 10.3. The van der Waals surface area contributed by atoms with Gasteiger partial charge in [-0.25, -0.2) is 0 Å². The molecule has 0 aliphatic rings. The minimum atomic E-state index is -0.833. The van der Waals surface area contributed by atoms with Gasteiger partial charge in [-0.2, -0.15) is 0 Å². The van der Waals surface area contributed by atoms with Crippen molar-refractivity contribution in [3.8, 4) is 0 Å². The molecule has 2 nitrogen and oxygen atoms in total. The highest BCUT2D eigenvalue weighted by atomic mass is 35.5. The van der Waals surface area contributed by atoms with Crippen molar-refractivity contribution in [2.75, 3.05) is 14.1 Å². The summed E-state index contributed by atoms with van der Waals surface area (Å²) in [6.45, 7) is 1.64. The van der Waals surface area contributed by atoms with Gasteiger partial charge in [-0.1, -0.05) is 11.6 Å². The lowest BCUT2D eigenvalue weighted by molar-refractivity contribution is -0.112. The van der Waals surface area contributed by atoms with E-state index in [0.29, 0.717) is 6.29 Å². The van der Waals surface area contributed by atoms with Crippen LogP contribution in [0.3, 0.4) is 0 Å². The van der Waals surface area contributed by atoms with Crippen molar-refractivity contribution >= 4 is 30.3 Å².